The van der Waals surface area contributed by atoms with Crippen LogP contribution in [0.4, 0.5) is 14.6 Å². The maximum absolute atomic E-state index is 14.9. The van der Waals surface area contributed by atoms with E-state index in [1.165, 1.54) is 41.3 Å². The summed E-state index contributed by atoms with van der Waals surface area (Å²) in [4.78, 5) is 22.4. The van der Waals surface area contributed by atoms with Crippen LogP contribution >= 0.6 is 0 Å². The predicted molar refractivity (Wildman–Crippen MR) is 153 cm³/mol. The topological polar surface area (TPSA) is 109 Å². The molecule has 0 spiro atoms. The molecule has 0 saturated carbocycles. The van der Waals surface area contributed by atoms with Crippen LogP contribution in [-0.4, -0.2) is 25.9 Å². The normalized spacial score (nSPS) is 11.6. The second-order valence-electron chi connectivity index (χ2n) is 9.96. The van der Waals surface area contributed by atoms with Crippen molar-refractivity contribution < 1.29 is 17.9 Å². The van der Waals surface area contributed by atoms with Gasteiger partial charge in [-0.3, -0.25) is 4.79 Å². The van der Waals surface area contributed by atoms with E-state index < -0.39 is 11.6 Å². The molecule has 2 N–H and O–H groups in total. The predicted octanol–water partition coefficient (Wildman–Crippen LogP) is 6.27. The van der Waals surface area contributed by atoms with Crippen LogP contribution in [0, 0.1) is 18.6 Å². The first-order valence-corrected chi connectivity index (χ1v) is 13.0. The monoisotopic (exact) mass is 553 g/mol. The summed E-state index contributed by atoms with van der Waals surface area (Å²) < 4.78 is 42.6. The highest BCUT2D eigenvalue weighted by Gasteiger charge is 2.23. The Balaban J connectivity index is 1.56. The number of nitrogens with zero attached hydrogens (tertiary/aromatic N) is 4. The zero-order valence-corrected chi connectivity index (χ0v) is 22.5. The van der Waals surface area contributed by atoms with Crippen LogP contribution in [0.25, 0.3) is 44.4 Å². The van der Waals surface area contributed by atoms with Gasteiger partial charge in [-0.15, -0.1) is 0 Å². The van der Waals surface area contributed by atoms with E-state index in [0.29, 0.717) is 38.8 Å². The van der Waals surface area contributed by atoms with Gasteiger partial charge in [-0.2, -0.15) is 5.10 Å². The van der Waals surface area contributed by atoms with E-state index in [2.05, 4.69) is 9.97 Å². The Morgan fingerprint density at radius 3 is 2.56 bits per heavy atom. The highest BCUT2D eigenvalue weighted by atomic mass is 19.1. The minimum Gasteiger partial charge on any atom is -0.488 e. The minimum atomic E-state index is -0.557. The van der Waals surface area contributed by atoms with Crippen molar-refractivity contribution in [3.63, 3.8) is 0 Å². The number of rotatable bonds is 6. The van der Waals surface area contributed by atoms with E-state index in [1.807, 2.05) is 26.8 Å². The van der Waals surface area contributed by atoms with Crippen LogP contribution in [0.5, 0.6) is 5.75 Å². The lowest BCUT2D eigenvalue weighted by atomic mass is 10.00. The molecular formula is C31H25F2N5O3. The second kappa shape index (κ2) is 10.1. The molecule has 3 heterocycles. The van der Waals surface area contributed by atoms with Gasteiger partial charge >= 0.3 is 0 Å². The second-order valence-corrected chi connectivity index (χ2v) is 9.96. The lowest BCUT2D eigenvalue weighted by molar-refractivity contribution is 0.231. The smallest absolute Gasteiger partial charge is 0.201 e. The first-order chi connectivity index (χ1) is 19.7. The lowest BCUT2D eigenvalue weighted by Crippen LogP contribution is -2.13. The number of nitrogen functional groups attached to an aromatic ring is 1. The number of anilines is 1. The third-order valence-electron chi connectivity index (χ3n) is 6.73. The van der Waals surface area contributed by atoms with E-state index in [0.717, 1.165) is 5.56 Å². The third kappa shape index (κ3) is 4.67. The number of fused-ring (bicyclic) bond motifs is 2. The summed E-state index contributed by atoms with van der Waals surface area (Å²) >= 11 is 0. The molecule has 0 radical (unpaired) electrons. The van der Waals surface area contributed by atoms with Crippen molar-refractivity contribution in [2.24, 2.45) is 0 Å². The van der Waals surface area contributed by atoms with Gasteiger partial charge in [0.1, 0.15) is 41.5 Å². The van der Waals surface area contributed by atoms with Gasteiger partial charge in [0, 0.05) is 5.56 Å². The SMILES string of the molecule is Cc1cccc2oc(Cn3nc(-c4ccc(OC(C)C)c(F)c4)c4c(N)ncnc43)c(-c3cccc(F)c3)c(=O)c12. The number of benzene rings is 3. The van der Waals surface area contributed by atoms with E-state index >= 15 is 0 Å². The molecule has 0 bridgehead atoms. The summed E-state index contributed by atoms with van der Waals surface area (Å²) in [5, 5.41) is 5.54. The van der Waals surface area contributed by atoms with Crippen LogP contribution in [0.1, 0.15) is 25.2 Å². The van der Waals surface area contributed by atoms with Crippen molar-refractivity contribution >= 4 is 27.8 Å². The number of aryl methyl sites for hydroxylation is 1. The maximum Gasteiger partial charge on any atom is 0.201 e. The Kier molecular flexibility index (Phi) is 6.45. The zero-order chi connectivity index (χ0) is 28.8. The number of halogens is 2. The maximum atomic E-state index is 14.9. The first-order valence-electron chi connectivity index (χ1n) is 13.0. The molecule has 0 aliphatic rings. The van der Waals surface area contributed by atoms with Crippen LogP contribution in [0.2, 0.25) is 0 Å². The number of hydrogen-bond acceptors (Lipinski definition) is 7. The van der Waals surface area contributed by atoms with Crippen molar-refractivity contribution in [3.8, 4) is 28.1 Å². The average Bonchev–Trinajstić information content (AvgIpc) is 3.29. The van der Waals surface area contributed by atoms with Gasteiger partial charge < -0.3 is 14.9 Å². The number of hydrogen-bond donors (Lipinski definition) is 1. The minimum absolute atomic E-state index is 0.0467. The molecule has 41 heavy (non-hydrogen) atoms. The van der Waals surface area contributed by atoms with E-state index in [9.17, 15) is 13.6 Å². The van der Waals surface area contributed by atoms with Gasteiger partial charge in [-0.1, -0.05) is 24.3 Å². The summed E-state index contributed by atoms with van der Waals surface area (Å²) in [6.07, 6.45) is 1.10. The van der Waals surface area contributed by atoms with Gasteiger partial charge in [-0.25, -0.2) is 23.4 Å². The molecular weight excluding hydrogens is 528 g/mol. The van der Waals surface area contributed by atoms with Gasteiger partial charge in [0.2, 0.25) is 5.43 Å². The van der Waals surface area contributed by atoms with Gasteiger partial charge in [0.05, 0.1) is 22.4 Å². The Bertz CT molecular complexity index is 2020. The largest absolute Gasteiger partial charge is 0.488 e. The molecule has 206 valence electrons. The molecule has 0 aliphatic carbocycles. The molecule has 6 rings (SSSR count). The fraction of sp³-hybridized carbons (Fsp3) is 0.161. The summed E-state index contributed by atoms with van der Waals surface area (Å²) in [6.45, 7) is 5.39. The van der Waals surface area contributed by atoms with Gasteiger partial charge in [-0.05, 0) is 68.3 Å². The standard InChI is InChI=1S/C31H25F2N5O3/c1-16(2)40-22-11-10-19(13-21(22)33)28-27-30(34)35-15-36-31(27)38(37-28)14-24-26(18-7-5-8-20(32)12-18)29(39)25-17(3)6-4-9-23(25)41-24/h4-13,15-16H,14H2,1-3H3,(H2,34,35,36). The number of nitrogens with two attached hydrogens (primary N) is 1. The first kappa shape index (κ1) is 26.1. The number of aromatic nitrogens is 4. The van der Waals surface area contributed by atoms with Crippen molar-refractivity contribution in [2.45, 2.75) is 33.4 Å². The van der Waals surface area contributed by atoms with Crippen LogP contribution in [0.15, 0.2) is 76.2 Å². The molecule has 8 nitrogen and oxygen atoms in total. The summed E-state index contributed by atoms with van der Waals surface area (Å²) in [6, 6.07) is 15.6. The fourth-order valence-electron chi connectivity index (χ4n) is 4.98. The molecule has 0 unspecified atom stereocenters. The van der Waals surface area contributed by atoms with Crippen LogP contribution in [0.3, 0.4) is 0 Å². The molecule has 0 aliphatic heterocycles. The van der Waals surface area contributed by atoms with Gasteiger partial charge in [0.25, 0.3) is 0 Å². The Morgan fingerprint density at radius 2 is 1.80 bits per heavy atom. The van der Waals surface area contributed by atoms with Crippen LogP contribution < -0.4 is 15.9 Å². The molecule has 0 amide bonds. The fourth-order valence-corrected chi connectivity index (χ4v) is 4.98. The van der Waals surface area contributed by atoms with Crippen molar-refractivity contribution in [3.05, 3.63) is 100 Å². The Labute approximate surface area is 233 Å². The number of ether oxygens (including phenoxy) is 1. The summed E-state index contributed by atoms with van der Waals surface area (Å²) in [7, 11) is 0. The average molecular weight is 554 g/mol. The lowest BCUT2D eigenvalue weighted by Gasteiger charge is -2.12. The molecule has 0 fully saturated rings. The van der Waals surface area contributed by atoms with Gasteiger partial charge in [0.15, 0.2) is 17.2 Å². The Morgan fingerprint density at radius 1 is 1.00 bits per heavy atom. The Hall–Kier alpha value is -5.12. The molecule has 10 heteroatoms. The third-order valence-corrected chi connectivity index (χ3v) is 6.73. The molecule has 6 aromatic rings. The molecule has 0 saturated heterocycles. The molecule has 0 atom stereocenters. The van der Waals surface area contributed by atoms with Crippen LogP contribution in [-0.2, 0) is 6.54 Å². The summed E-state index contributed by atoms with van der Waals surface area (Å²) in [5.41, 5.74) is 8.79. The summed E-state index contributed by atoms with van der Waals surface area (Å²) in [5.74, 6) is -0.529. The zero-order valence-electron chi connectivity index (χ0n) is 22.5. The van der Waals surface area contributed by atoms with E-state index in [4.69, 9.17) is 20.0 Å². The van der Waals surface area contributed by atoms with Crippen molar-refractivity contribution in [1.82, 2.24) is 19.7 Å². The van der Waals surface area contributed by atoms with E-state index in [-0.39, 0.29) is 41.0 Å². The highest BCUT2D eigenvalue weighted by molar-refractivity contribution is 5.98. The molecule has 3 aromatic heterocycles. The quantitative estimate of drug-likeness (QED) is 0.259. The van der Waals surface area contributed by atoms with Crippen molar-refractivity contribution in [1.29, 1.82) is 0 Å². The highest BCUT2D eigenvalue weighted by Crippen LogP contribution is 2.34. The van der Waals surface area contributed by atoms with Crippen molar-refractivity contribution in [2.75, 3.05) is 5.73 Å². The van der Waals surface area contributed by atoms with E-state index in [1.54, 1.807) is 24.3 Å². The molecule has 3 aromatic carbocycles.